The van der Waals surface area contributed by atoms with Crippen molar-refractivity contribution >= 4 is 44.6 Å². The van der Waals surface area contributed by atoms with Crippen molar-refractivity contribution in [3.8, 4) is 50.7 Å². The summed E-state index contributed by atoms with van der Waals surface area (Å²) in [6.07, 6.45) is 4.12. The SMILES string of the molecule is [2H]C([2H])([2H])c1cccc2c1c1ccc(Oc3[c-]c(N4[CH-]N(c5c(-c6ccccc6)cc(C(C)(C)C)cc5-c5cc(C(C)(C)C)cc(C(C)(C)C)c5)c5ccccc54)ccc3)[c-]c1n2-c1cc(C([2H])([2H])C(C)(C)C)c(-c2c3c(cc4c2C(C)(C)CCC4(C)C)C(C)(C)CCC3(C)C)cn1.[Pt]. The van der Waals surface area contributed by atoms with Crippen LogP contribution in [0.5, 0.6) is 11.5 Å². The van der Waals surface area contributed by atoms with E-state index in [1.165, 1.54) is 38.9 Å². The largest absolute Gasteiger partial charge is 0.509 e. The van der Waals surface area contributed by atoms with Gasteiger partial charge >= 0.3 is 0 Å². The van der Waals surface area contributed by atoms with Gasteiger partial charge < -0.3 is 19.1 Å². The molecule has 8 aromatic carbocycles. The summed E-state index contributed by atoms with van der Waals surface area (Å²) >= 11 is 0. The molecule has 3 heterocycles. The Bertz CT molecular complexity index is 4740. The van der Waals surface area contributed by atoms with Crippen LogP contribution in [-0.2, 0) is 65.3 Å². The van der Waals surface area contributed by atoms with Gasteiger partial charge in [0.05, 0.1) is 0 Å². The number of hydrogen-bond donors (Lipinski definition) is 0. The van der Waals surface area contributed by atoms with Crippen LogP contribution in [0.1, 0.15) is 221 Å². The summed E-state index contributed by atoms with van der Waals surface area (Å²) in [7, 11) is 0. The van der Waals surface area contributed by atoms with Gasteiger partial charge in [0.25, 0.3) is 0 Å². The number of benzene rings is 8. The molecule has 5 nitrogen and oxygen atoms in total. The molecule has 6 heteroatoms. The van der Waals surface area contributed by atoms with Crippen molar-refractivity contribution in [2.75, 3.05) is 9.80 Å². The minimum Gasteiger partial charge on any atom is -0.509 e. The predicted octanol–water partition coefficient (Wildman–Crippen LogP) is 24.5. The monoisotopic (exact) mass is 1430 g/mol. The van der Waals surface area contributed by atoms with Crippen LogP contribution >= 0.6 is 0 Å². The number of fused-ring (bicyclic) bond motifs is 6. The molecule has 13 rings (SSSR count). The molecule has 490 valence electrons. The zero-order valence-corrected chi connectivity index (χ0v) is 61.6. The van der Waals surface area contributed by atoms with Gasteiger partial charge in [0.1, 0.15) is 5.82 Å². The Morgan fingerprint density at radius 2 is 1.09 bits per heavy atom. The third kappa shape index (κ3) is 12.0. The number of nitrogens with zero attached hydrogens (tertiary/aromatic N) is 4. The van der Waals surface area contributed by atoms with Crippen LogP contribution in [0.3, 0.4) is 0 Å². The molecule has 0 saturated carbocycles. The number of rotatable bonds is 9. The van der Waals surface area contributed by atoms with Gasteiger partial charge in [0.2, 0.25) is 0 Å². The minimum absolute atomic E-state index is 0. The molecule has 0 bridgehead atoms. The van der Waals surface area contributed by atoms with Crippen molar-refractivity contribution in [1.29, 1.82) is 0 Å². The molecule has 2 aromatic heterocycles. The summed E-state index contributed by atoms with van der Waals surface area (Å²) in [6, 6.07) is 58.3. The van der Waals surface area contributed by atoms with Crippen LogP contribution in [0.4, 0.5) is 22.7 Å². The number of aryl methyl sites for hydroxylation is 1. The summed E-state index contributed by atoms with van der Waals surface area (Å²) in [5, 5.41) is 1.22. The van der Waals surface area contributed by atoms with E-state index in [1.807, 2.05) is 67.9 Å². The third-order valence-electron chi connectivity index (χ3n) is 20.6. The van der Waals surface area contributed by atoms with E-state index in [2.05, 4.69) is 243 Å². The number of anilines is 4. The summed E-state index contributed by atoms with van der Waals surface area (Å²) in [5.41, 5.74) is 19.4. The molecule has 0 saturated heterocycles. The van der Waals surface area contributed by atoms with Gasteiger partial charge in [-0.1, -0.05) is 228 Å². The molecule has 0 N–H and O–H groups in total. The van der Waals surface area contributed by atoms with Crippen molar-refractivity contribution in [2.24, 2.45) is 5.41 Å². The van der Waals surface area contributed by atoms with E-state index in [4.69, 9.17) is 13.8 Å². The van der Waals surface area contributed by atoms with Crippen LogP contribution in [0.15, 0.2) is 152 Å². The summed E-state index contributed by atoms with van der Waals surface area (Å²) < 4.78 is 56.5. The standard InChI is InChI=1S/C88H99N4O.Pt/c1-55-29-27-36-73-76(55)65-38-37-64(50-74(65)92(73)75-45-58(52-81(2,3)4)68(53-89-75)77-78-69(85(14,15)39-41-87(78,18)19)51-70-79(77)88(20,21)42-40-86(70,16)17)93-63-33-28-32-62(49-63)90-54-91(72-35-26-25-34-71(72)90)80-66(56-30-23-22-24-31-56)47-61(84(11,12)13)48-67(80)57-43-59(82(5,6)7)46-60(44-57)83(8,9)10;/h22-38,43-48,51,53-54H,39-42,52H2,1-21H3;/q-3;/i1D3,52D2;. The molecule has 0 spiro atoms. The quantitative estimate of drug-likeness (QED) is 0.135. The second-order valence-electron chi connectivity index (χ2n) is 33.9. The van der Waals surface area contributed by atoms with Gasteiger partial charge in [0.15, 0.2) is 0 Å². The maximum Gasteiger partial charge on any atom is 0.135 e. The Hall–Kier alpha value is -7.20. The Kier molecular flexibility index (Phi) is 15.0. The molecule has 1 aliphatic heterocycles. The Balaban J connectivity index is 0.00000931. The summed E-state index contributed by atoms with van der Waals surface area (Å²) in [4.78, 5) is 10.0. The number of para-hydroxylation sites is 2. The first-order chi connectivity index (χ1) is 45.5. The zero-order chi connectivity index (χ0) is 70.8. The van der Waals surface area contributed by atoms with Crippen molar-refractivity contribution < 1.29 is 32.7 Å². The van der Waals surface area contributed by atoms with Crippen molar-refractivity contribution in [1.82, 2.24) is 9.55 Å². The van der Waals surface area contributed by atoms with Crippen LogP contribution < -0.4 is 14.5 Å². The molecule has 0 radical (unpaired) electrons. The smallest absolute Gasteiger partial charge is 0.135 e. The molecular weight excluding hydrogens is 1320 g/mol. The molecule has 94 heavy (non-hydrogen) atoms. The Morgan fingerprint density at radius 3 is 1.67 bits per heavy atom. The van der Waals surface area contributed by atoms with Crippen LogP contribution in [0.25, 0.3) is 61.0 Å². The maximum atomic E-state index is 10.4. The van der Waals surface area contributed by atoms with E-state index in [0.29, 0.717) is 44.7 Å². The molecule has 0 fully saturated rings. The number of aromatic nitrogens is 2. The minimum atomic E-state index is -2.46. The first-order valence-electron chi connectivity index (χ1n) is 36.4. The molecule has 3 aliphatic rings. The van der Waals surface area contributed by atoms with Crippen molar-refractivity contribution in [3.05, 3.63) is 221 Å². The van der Waals surface area contributed by atoms with E-state index in [0.717, 1.165) is 81.8 Å². The molecule has 0 atom stereocenters. The van der Waals surface area contributed by atoms with E-state index in [9.17, 15) is 2.74 Å². The van der Waals surface area contributed by atoms with Gasteiger partial charge in [-0.2, -0.15) is 12.1 Å². The van der Waals surface area contributed by atoms with E-state index in [1.54, 1.807) is 12.1 Å². The van der Waals surface area contributed by atoms with Gasteiger partial charge in [-0.05, 0) is 185 Å². The topological polar surface area (TPSA) is 33.5 Å². The first kappa shape index (κ1) is 60.5. The molecule has 10 aromatic rings. The van der Waals surface area contributed by atoms with Crippen molar-refractivity contribution in [3.63, 3.8) is 0 Å². The predicted molar refractivity (Wildman–Crippen MR) is 395 cm³/mol. The fraction of sp³-hybridized carbons (Fsp3) is 0.386. The number of hydrogen-bond acceptors (Lipinski definition) is 4. The Morgan fingerprint density at radius 1 is 0.543 bits per heavy atom. The van der Waals surface area contributed by atoms with E-state index in [-0.39, 0.29) is 64.5 Å². The van der Waals surface area contributed by atoms with Crippen LogP contribution in [0, 0.1) is 31.1 Å². The third-order valence-corrected chi connectivity index (χ3v) is 20.6. The second-order valence-corrected chi connectivity index (χ2v) is 33.9. The van der Waals surface area contributed by atoms with Crippen LogP contribution in [0.2, 0.25) is 0 Å². The molecule has 0 amide bonds. The maximum absolute atomic E-state index is 10.4. The average Bonchev–Trinajstić information content (AvgIpc) is 1.18. The van der Waals surface area contributed by atoms with Crippen LogP contribution in [-0.4, -0.2) is 9.55 Å². The fourth-order valence-electron chi connectivity index (χ4n) is 15.0. The molecule has 2 aliphatic carbocycles. The molecule has 0 unspecified atom stereocenters. The van der Waals surface area contributed by atoms with E-state index >= 15 is 0 Å². The van der Waals surface area contributed by atoms with Gasteiger partial charge in [0, 0.05) is 84.9 Å². The summed E-state index contributed by atoms with van der Waals surface area (Å²) in [5.74, 6) is 1.30. The number of pyridine rings is 1. The fourth-order valence-corrected chi connectivity index (χ4v) is 15.0. The van der Waals surface area contributed by atoms with E-state index < -0.39 is 18.6 Å². The molecular formula is C88H99N4OPt-3. The van der Waals surface area contributed by atoms with Gasteiger partial charge in [-0.3, -0.25) is 0 Å². The Labute approximate surface area is 585 Å². The first-order valence-corrected chi connectivity index (χ1v) is 33.9. The van der Waals surface area contributed by atoms with Gasteiger partial charge in [-0.15, -0.1) is 48.1 Å². The van der Waals surface area contributed by atoms with Crippen molar-refractivity contribution in [2.45, 2.75) is 215 Å². The number of ether oxygens (including phenoxy) is 1. The zero-order valence-electron chi connectivity index (χ0n) is 64.4. The summed E-state index contributed by atoms with van der Waals surface area (Å²) in [6.45, 7) is 45.4. The average molecular weight is 1430 g/mol. The second kappa shape index (κ2) is 23.3. The normalized spacial score (nSPS) is 17.7. The van der Waals surface area contributed by atoms with Gasteiger partial charge in [-0.25, -0.2) is 4.98 Å².